The molecule has 6 nitrogen and oxygen atoms in total. The summed E-state index contributed by atoms with van der Waals surface area (Å²) in [7, 11) is -3.84. The van der Waals surface area contributed by atoms with E-state index in [0.29, 0.717) is 12.4 Å². The molecule has 0 fully saturated rings. The highest BCUT2D eigenvalue weighted by Crippen LogP contribution is 2.17. The average Bonchev–Trinajstić information content (AvgIpc) is 2.49. The first-order chi connectivity index (χ1) is 10.4. The van der Waals surface area contributed by atoms with Crippen molar-refractivity contribution in [3.63, 3.8) is 0 Å². The van der Waals surface area contributed by atoms with E-state index in [1.165, 1.54) is 25.1 Å². The summed E-state index contributed by atoms with van der Waals surface area (Å²) in [6.07, 6.45) is 1.66. The Balaban J connectivity index is 2.17. The molecule has 8 heteroatoms. The van der Waals surface area contributed by atoms with Crippen LogP contribution in [0.25, 0.3) is 0 Å². The van der Waals surface area contributed by atoms with Gasteiger partial charge in [0.2, 0.25) is 0 Å². The number of benzene rings is 1. The van der Waals surface area contributed by atoms with Crippen molar-refractivity contribution in [2.24, 2.45) is 0 Å². The van der Waals surface area contributed by atoms with Crippen molar-refractivity contribution in [1.29, 1.82) is 0 Å². The minimum Gasteiger partial charge on any atom is -0.365 e. The first kappa shape index (κ1) is 15.9. The third kappa shape index (κ3) is 3.79. The Bertz CT molecular complexity index is 776. The lowest BCUT2D eigenvalue weighted by Crippen LogP contribution is -2.15. The first-order valence-electron chi connectivity index (χ1n) is 6.40. The van der Waals surface area contributed by atoms with E-state index in [0.717, 1.165) is 6.07 Å². The molecule has 0 aliphatic rings. The minimum atomic E-state index is -3.84. The van der Waals surface area contributed by atoms with E-state index in [1.54, 1.807) is 12.1 Å². The largest absolute Gasteiger partial charge is 0.365 e. The third-order valence-corrected chi connectivity index (χ3v) is 4.12. The van der Waals surface area contributed by atoms with E-state index in [1.807, 2.05) is 0 Å². The molecule has 0 aliphatic heterocycles. The number of anilines is 2. The summed E-state index contributed by atoms with van der Waals surface area (Å²) >= 11 is 0. The monoisotopic (exact) mass is 322 g/mol. The van der Waals surface area contributed by atoms with E-state index < -0.39 is 15.8 Å². The molecule has 0 bridgehead atoms. The number of halogens is 1. The lowest BCUT2D eigenvalue weighted by molar-refractivity contribution is 0.598. The van der Waals surface area contributed by atoms with E-state index in [9.17, 15) is 12.8 Å². The molecule has 1 aromatic heterocycles. The summed E-state index contributed by atoms with van der Waals surface area (Å²) in [4.78, 5) is -0.0398. The Morgan fingerprint density at radius 1 is 1.23 bits per heavy atom. The van der Waals surface area contributed by atoms with Gasteiger partial charge in [0.15, 0.2) is 5.82 Å². The molecule has 0 spiro atoms. The molecule has 1 heterocycles. The van der Waals surface area contributed by atoms with Crippen LogP contribution in [0.5, 0.6) is 0 Å². The summed E-state index contributed by atoms with van der Waals surface area (Å²) in [5, 5.41) is 10.5. The van der Waals surface area contributed by atoms with Crippen molar-refractivity contribution in [2.45, 2.75) is 11.8 Å². The van der Waals surface area contributed by atoms with Crippen LogP contribution in [0.4, 0.5) is 16.0 Å². The van der Waals surface area contributed by atoms with Crippen LogP contribution in [-0.2, 0) is 10.0 Å². The SMILES string of the molecule is C=CCNc1ccc(NS(=O)(=O)c2ccc(F)c(C)c2)nn1. The van der Waals surface area contributed by atoms with Crippen LogP contribution in [0, 0.1) is 12.7 Å². The van der Waals surface area contributed by atoms with Gasteiger partial charge in [0.05, 0.1) is 4.90 Å². The fourth-order valence-electron chi connectivity index (χ4n) is 1.64. The fourth-order valence-corrected chi connectivity index (χ4v) is 2.72. The molecular weight excluding hydrogens is 307 g/mol. The number of aromatic nitrogens is 2. The van der Waals surface area contributed by atoms with Crippen molar-refractivity contribution in [3.05, 3.63) is 54.4 Å². The van der Waals surface area contributed by atoms with Gasteiger partial charge in [0.25, 0.3) is 10.0 Å². The maximum Gasteiger partial charge on any atom is 0.263 e. The molecule has 2 rings (SSSR count). The van der Waals surface area contributed by atoms with Crippen LogP contribution in [0.15, 0.2) is 47.9 Å². The van der Waals surface area contributed by atoms with E-state index in [4.69, 9.17) is 0 Å². The van der Waals surface area contributed by atoms with Crippen molar-refractivity contribution < 1.29 is 12.8 Å². The predicted octanol–water partition coefficient (Wildman–Crippen LogP) is 2.32. The molecule has 2 N–H and O–H groups in total. The number of hydrogen-bond donors (Lipinski definition) is 2. The van der Waals surface area contributed by atoms with Crippen molar-refractivity contribution in [2.75, 3.05) is 16.6 Å². The Kier molecular flexibility index (Phi) is 4.71. The zero-order valence-electron chi connectivity index (χ0n) is 11.9. The first-order valence-corrected chi connectivity index (χ1v) is 7.88. The van der Waals surface area contributed by atoms with Gasteiger partial charge in [0.1, 0.15) is 11.6 Å². The second kappa shape index (κ2) is 6.52. The molecular formula is C14H15FN4O2S. The van der Waals surface area contributed by atoms with Crippen molar-refractivity contribution in [1.82, 2.24) is 10.2 Å². The standard InChI is InChI=1S/C14H15FN4O2S/c1-3-8-16-13-6-7-14(18-17-13)19-22(20,21)11-4-5-12(15)10(2)9-11/h3-7,9H,1,8H2,2H3,(H,16,17)(H,18,19). The molecule has 0 saturated heterocycles. The van der Waals surface area contributed by atoms with Gasteiger partial charge in [-0.15, -0.1) is 16.8 Å². The lowest BCUT2D eigenvalue weighted by atomic mass is 10.2. The number of aryl methyl sites for hydroxylation is 1. The fraction of sp³-hybridized carbons (Fsp3) is 0.143. The Morgan fingerprint density at radius 2 is 1.91 bits per heavy atom. The summed E-state index contributed by atoms with van der Waals surface area (Å²) in [6.45, 7) is 5.58. The summed E-state index contributed by atoms with van der Waals surface area (Å²) in [6, 6.07) is 6.62. The quantitative estimate of drug-likeness (QED) is 0.797. The van der Waals surface area contributed by atoms with Crippen LogP contribution in [0.3, 0.4) is 0 Å². The lowest BCUT2D eigenvalue weighted by Gasteiger charge is -2.08. The van der Waals surface area contributed by atoms with Crippen LogP contribution in [-0.4, -0.2) is 25.2 Å². The smallest absolute Gasteiger partial charge is 0.263 e. The van der Waals surface area contributed by atoms with Gasteiger partial charge in [0, 0.05) is 6.54 Å². The van der Waals surface area contributed by atoms with Crippen LogP contribution in [0.1, 0.15) is 5.56 Å². The second-order valence-corrected chi connectivity index (χ2v) is 6.17. The number of nitrogens with zero attached hydrogens (tertiary/aromatic N) is 2. The van der Waals surface area contributed by atoms with Gasteiger partial charge in [-0.3, -0.25) is 4.72 Å². The predicted molar refractivity (Wildman–Crippen MR) is 82.7 cm³/mol. The Labute approximate surface area is 128 Å². The van der Waals surface area contributed by atoms with Gasteiger partial charge in [-0.25, -0.2) is 12.8 Å². The van der Waals surface area contributed by atoms with Gasteiger partial charge in [-0.05, 0) is 42.8 Å². The molecule has 0 radical (unpaired) electrons. The second-order valence-electron chi connectivity index (χ2n) is 4.49. The zero-order valence-corrected chi connectivity index (χ0v) is 12.7. The van der Waals surface area contributed by atoms with Crippen molar-refractivity contribution in [3.8, 4) is 0 Å². The highest BCUT2D eigenvalue weighted by Gasteiger charge is 2.16. The average molecular weight is 322 g/mol. The summed E-state index contributed by atoms with van der Waals surface area (Å²) in [5.74, 6) is 0.114. The van der Waals surface area contributed by atoms with Gasteiger partial charge >= 0.3 is 0 Å². The molecule has 22 heavy (non-hydrogen) atoms. The molecule has 1 aromatic carbocycles. The van der Waals surface area contributed by atoms with E-state index in [-0.39, 0.29) is 16.3 Å². The van der Waals surface area contributed by atoms with Gasteiger partial charge in [-0.2, -0.15) is 0 Å². The van der Waals surface area contributed by atoms with Gasteiger partial charge in [-0.1, -0.05) is 6.08 Å². The molecule has 0 atom stereocenters. The molecule has 0 amide bonds. The highest BCUT2D eigenvalue weighted by atomic mass is 32.2. The van der Waals surface area contributed by atoms with Crippen LogP contribution >= 0.6 is 0 Å². The number of sulfonamides is 1. The molecule has 0 unspecified atom stereocenters. The number of rotatable bonds is 6. The third-order valence-electron chi connectivity index (χ3n) is 2.77. The zero-order chi connectivity index (χ0) is 16.2. The normalized spacial score (nSPS) is 11.0. The molecule has 116 valence electrons. The van der Waals surface area contributed by atoms with Crippen LogP contribution < -0.4 is 10.0 Å². The van der Waals surface area contributed by atoms with E-state index in [2.05, 4.69) is 26.8 Å². The topological polar surface area (TPSA) is 84.0 Å². The maximum atomic E-state index is 13.2. The Hall–Kier alpha value is -2.48. The van der Waals surface area contributed by atoms with Crippen molar-refractivity contribution >= 4 is 21.7 Å². The van der Waals surface area contributed by atoms with Gasteiger partial charge < -0.3 is 5.32 Å². The number of hydrogen-bond acceptors (Lipinski definition) is 5. The highest BCUT2D eigenvalue weighted by molar-refractivity contribution is 7.92. The summed E-state index contributed by atoms with van der Waals surface area (Å²) < 4.78 is 39.9. The summed E-state index contributed by atoms with van der Waals surface area (Å²) in [5.41, 5.74) is 0.248. The van der Waals surface area contributed by atoms with E-state index >= 15 is 0 Å². The molecule has 0 aliphatic carbocycles. The minimum absolute atomic E-state index is 0.0398. The maximum absolute atomic E-state index is 13.2. The molecule has 0 saturated carbocycles. The number of nitrogens with one attached hydrogen (secondary N) is 2. The molecule has 2 aromatic rings. The Morgan fingerprint density at radius 3 is 2.50 bits per heavy atom. The van der Waals surface area contributed by atoms with Crippen LogP contribution in [0.2, 0.25) is 0 Å².